The minimum Gasteiger partial charge on any atom is -0.310 e. The topological polar surface area (TPSA) is 8.17 Å². The molecular weight excluding hydrogens is 797 g/mol. The third-order valence-electron chi connectivity index (χ3n) is 15.2. The average molecular weight is 841 g/mol. The van der Waals surface area contributed by atoms with E-state index >= 15 is 0 Å². The Labute approximate surface area is 385 Å². The van der Waals surface area contributed by atoms with Crippen LogP contribution in [0.5, 0.6) is 0 Å². The second-order valence-corrected chi connectivity index (χ2v) is 18.8. The van der Waals surface area contributed by atoms with Gasteiger partial charge in [-0.3, -0.25) is 0 Å². The van der Waals surface area contributed by atoms with Crippen molar-refractivity contribution >= 4 is 38.9 Å². The van der Waals surface area contributed by atoms with Gasteiger partial charge in [0.1, 0.15) is 0 Å². The molecule has 0 N–H and O–H groups in total. The van der Waals surface area contributed by atoms with Gasteiger partial charge in [0.15, 0.2) is 0 Å². The molecule has 2 heteroatoms. The van der Waals surface area contributed by atoms with Gasteiger partial charge in [-0.05, 0) is 132 Å². The van der Waals surface area contributed by atoms with Gasteiger partial charge < -0.3 is 9.47 Å². The first kappa shape index (κ1) is 37.2. The van der Waals surface area contributed by atoms with E-state index in [1.54, 1.807) is 0 Å². The van der Waals surface area contributed by atoms with Crippen LogP contribution in [-0.4, -0.2) is 4.57 Å². The summed E-state index contributed by atoms with van der Waals surface area (Å²) in [5, 5.41) is 2.45. The minimum atomic E-state index is -0.384. The molecular formula is C64H44N2. The molecule has 310 valence electrons. The molecule has 2 nitrogen and oxygen atoms in total. The van der Waals surface area contributed by atoms with Crippen molar-refractivity contribution in [2.45, 2.75) is 24.7 Å². The van der Waals surface area contributed by atoms with E-state index in [1.807, 2.05) is 0 Å². The summed E-state index contributed by atoms with van der Waals surface area (Å²) in [6, 6.07) is 86.1. The average Bonchev–Trinajstić information content (AvgIpc) is 4.05. The first-order valence-corrected chi connectivity index (χ1v) is 23.2. The van der Waals surface area contributed by atoms with Crippen LogP contribution >= 0.6 is 0 Å². The summed E-state index contributed by atoms with van der Waals surface area (Å²) >= 11 is 0. The standard InChI is InChI=1S/C64H44N2/c1-63(2)52-26-11-6-20-46(52)49-39-38-44(40-57(49)63)65(59-32-17-33-60-62(59)51-24-10-15-31-58(51)66(60)42-18-4-3-5-19-42)43-36-34-41(35-37-43)45-25-16-30-56-61(45)50-23-9-14-29-55(50)64(56)53-27-12-7-21-47(53)48-22-8-13-28-54(48)64/h3-40H,1-2H3. The minimum absolute atomic E-state index is 0.144. The Balaban J connectivity index is 0.979. The van der Waals surface area contributed by atoms with E-state index in [0.29, 0.717) is 0 Å². The molecule has 1 aromatic heterocycles. The number of rotatable bonds is 5. The third kappa shape index (κ3) is 4.85. The van der Waals surface area contributed by atoms with E-state index in [0.717, 1.165) is 22.7 Å². The molecule has 1 spiro atoms. The lowest BCUT2D eigenvalue weighted by atomic mass is 9.70. The largest absolute Gasteiger partial charge is 0.310 e. The molecule has 0 saturated carbocycles. The van der Waals surface area contributed by atoms with Gasteiger partial charge in [-0.25, -0.2) is 0 Å². The summed E-state index contributed by atoms with van der Waals surface area (Å²) in [6.07, 6.45) is 0. The summed E-state index contributed by atoms with van der Waals surface area (Å²) in [6.45, 7) is 4.75. The van der Waals surface area contributed by atoms with Crippen LogP contribution in [0, 0.1) is 0 Å². The van der Waals surface area contributed by atoms with Crippen LogP contribution in [0.3, 0.4) is 0 Å². The van der Waals surface area contributed by atoms with Gasteiger partial charge in [0.2, 0.25) is 0 Å². The molecule has 3 aliphatic rings. The first-order valence-electron chi connectivity index (χ1n) is 23.2. The normalized spacial score (nSPS) is 14.2. The highest BCUT2D eigenvalue weighted by molar-refractivity contribution is 6.16. The highest BCUT2D eigenvalue weighted by Crippen LogP contribution is 2.64. The lowest BCUT2D eigenvalue weighted by Gasteiger charge is -2.30. The molecule has 0 saturated heterocycles. The van der Waals surface area contributed by atoms with Gasteiger partial charge in [0.25, 0.3) is 0 Å². The fourth-order valence-electron chi connectivity index (χ4n) is 12.5. The van der Waals surface area contributed by atoms with Crippen molar-refractivity contribution in [2.24, 2.45) is 0 Å². The maximum absolute atomic E-state index is 2.50. The molecule has 14 rings (SSSR count). The fourth-order valence-corrected chi connectivity index (χ4v) is 12.5. The summed E-state index contributed by atoms with van der Waals surface area (Å²) in [5.41, 5.74) is 24.9. The molecule has 0 fully saturated rings. The molecule has 1 heterocycles. The molecule has 0 aliphatic heterocycles. The van der Waals surface area contributed by atoms with Crippen molar-refractivity contribution < 1.29 is 0 Å². The first-order chi connectivity index (χ1) is 32.5. The van der Waals surface area contributed by atoms with Gasteiger partial charge in [0.05, 0.1) is 22.1 Å². The summed E-state index contributed by atoms with van der Waals surface area (Å²) in [7, 11) is 0. The second-order valence-electron chi connectivity index (χ2n) is 18.8. The van der Waals surface area contributed by atoms with E-state index < -0.39 is 0 Å². The summed E-state index contributed by atoms with van der Waals surface area (Å²) in [4.78, 5) is 2.50. The zero-order chi connectivity index (χ0) is 43.7. The Morgan fingerprint density at radius 3 is 1.61 bits per heavy atom. The van der Waals surface area contributed by atoms with Crippen LogP contribution in [0.1, 0.15) is 47.2 Å². The molecule has 3 aliphatic carbocycles. The lowest BCUT2D eigenvalue weighted by Crippen LogP contribution is -2.25. The maximum Gasteiger partial charge on any atom is 0.0725 e. The molecule has 0 radical (unpaired) electrons. The molecule has 0 atom stereocenters. The number of aromatic nitrogens is 1. The number of anilines is 3. The third-order valence-corrected chi connectivity index (χ3v) is 15.2. The van der Waals surface area contributed by atoms with Crippen LogP contribution in [0.2, 0.25) is 0 Å². The number of hydrogen-bond acceptors (Lipinski definition) is 1. The summed E-state index contributed by atoms with van der Waals surface area (Å²) < 4.78 is 2.42. The molecule has 11 aromatic rings. The van der Waals surface area contributed by atoms with Crippen molar-refractivity contribution in [2.75, 3.05) is 4.90 Å². The Morgan fingerprint density at radius 1 is 0.364 bits per heavy atom. The van der Waals surface area contributed by atoms with Gasteiger partial charge in [-0.2, -0.15) is 0 Å². The number of hydrogen-bond donors (Lipinski definition) is 0. The highest BCUT2D eigenvalue weighted by atomic mass is 15.1. The van der Waals surface area contributed by atoms with Crippen molar-refractivity contribution in [3.8, 4) is 50.2 Å². The highest BCUT2D eigenvalue weighted by Gasteiger charge is 2.52. The van der Waals surface area contributed by atoms with Gasteiger partial charge in [-0.15, -0.1) is 0 Å². The second kappa shape index (κ2) is 13.7. The number of fused-ring (bicyclic) bond motifs is 16. The molecule has 10 aromatic carbocycles. The van der Waals surface area contributed by atoms with E-state index in [1.165, 1.54) is 99.7 Å². The predicted octanol–water partition coefficient (Wildman–Crippen LogP) is 16.6. The summed E-state index contributed by atoms with van der Waals surface area (Å²) in [5.74, 6) is 0. The zero-order valence-corrected chi connectivity index (χ0v) is 36.8. The maximum atomic E-state index is 2.50. The van der Waals surface area contributed by atoms with Gasteiger partial charge in [0, 0.05) is 33.2 Å². The van der Waals surface area contributed by atoms with E-state index in [-0.39, 0.29) is 10.8 Å². The Kier molecular flexibility index (Phi) is 7.70. The van der Waals surface area contributed by atoms with Crippen LogP contribution < -0.4 is 4.90 Å². The predicted molar refractivity (Wildman–Crippen MR) is 275 cm³/mol. The van der Waals surface area contributed by atoms with Crippen molar-refractivity contribution in [3.05, 3.63) is 264 Å². The van der Waals surface area contributed by atoms with Crippen LogP contribution in [0.4, 0.5) is 17.1 Å². The van der Waals surface area contributed by atoms with Crippen molar-refractivity contribution in [1.29, 1.82) is 0 Å². The quantitative estimate of drug-likeness (QED) is 0.168. The zero-order valence-electron chi connectivity index (χ0n) is 36.8. The molecule has 0 bridgehead atoms. The molecule has 0 amide bonds. The Bertz CT molecular complexity index is 3750. The lowest BCUT2D eigenvalue weighted by molar-refractivity contribution is 0.660. The van der Waals surface area contributed by atoms with Crippen molar-refractivity contribution in [1.82, 2.24) is 4.57 Å². The van der Waals surface area contributed by atoms with Crippen LogP contribution in [0.15, 0.2) is 231 Å². The SMILES string of the molecule is CC1(C)c2ccccc2-c2ccc(N(c3ccc(-c4cccc5c4-c4ccccc4C54c5ccccc5-c5ccccc54)cc3)c3cccc4c3c3ccccc3n4-c3ccccc3)cc21. The Morgan fingerprint density at radius 2 is 0.879 bits per heavy atom. The number of nitrogens with zero attached hydrogens (tertiary/aromatic N) is 2. The van der Waals surface area contributed by atoms with Crippen LogP contribution in [0.25, 0.3) is 72.0 Å². The van der Waals surface area contributed by atoms with E-state index in [2.05, 4.69) is 254 Å². The number of benzene rings is 10. The van der Waals surface area contributed by atoms with E-state index in [9.17, 15) is 0 Å². The van der Waals surface area contributed by atoms with Crippen LogP contribution in [-0.2, 0) is 10.8 Å². The molecule has 0 unspecified atom stereocenters. The Hall–Kier alpha value is -8.20. The van der Waals surface area contributed by atoms with E-state index in [4.69, 9.17) is 0 Å². The van der Waals surface area contributed by atoms with Gasteiger partial charge in [-0.1, -0.05) is 190 Å². The number of para-hydroxylation sites is 2. The smallest absolute Gasteiger partial charge is 0.0725 e. The molecule has 66 heavy (non-hydrogen) atoms. The van der Waals surface area contributed by atoms with Crippen molar-refractivity contribution in [3.63, 3.8) is 0 Å². The van der Waals surface area contributed by atoms with Gasteiger partial charge >= 0.3 is 0 Å². The monoisotopic (exact) mass is 840 g/mol. The fraction of sp³-hybridized carbons (Fsp3) is 0.0625.